The summed E-state index contributed by atoms with van der Waals surface area (Å²) in [4.78, 5) is 11.1. The van der Waals surface area contributed by atoms with Gasteiger partial charge in [0.1, 0.15) is 6.61 Å². The van der Waals surface area contributed by atoms with Crippen LogP contribution >= 0.6 is 0 Å². The third-order valence-corrected chi connectivity index (χ3v) is 2.10. The molecule has 0 radical (unpaired) electrons. The van der Waals surface area contributed by atoms with Gasteiger partial charge >= 0.3 is 6.18 Å². The van der Waals surface area contributed by atoms with Gasteiger partial charge < -0.3 is 15.8 Å². The van der Waals surface area contributed by atoms with Crippen molar-refractivity contribution in [3.8, 4) is 0 Å². The molecule has 0 bridgehead atoms. The first kappa shape index (κ1) is 16.2. The average molecular weight is 256 g/mol. The number of carbonyl (C=O) groups excluding carboxylic acids is 1. The number of nitrogens with two attached hydrogens (primary N) is 1. The summed E-state index contributed by atoms with van der Waals surface area (Å²) in [5.41, 5.74) is 5.63. The van der Waals surface area contributed by atoms with Gasteiger partial charge in [-0.25, -0.2) is 0 Å². The zero-order valence-corrected chi connectivity index (χ0v) is 9.85. The van der Waals surface area contributed by atoms with Crippen LogP contribution in [0.2, 0.25) is 0 Å². The number of halogens is 3. The van der Waals surface area contributed by atoms with Crippen LogP contribution in [-0.2, 0) is 9.53 Å². The summed E-state index contributed by atoms with van der Waals surface area (Å²) < 4.78 is 39.3. The highest BCUT2D eigenvalue weighted by atomic mass is 19.4. The Morgan fingerprint density at radius 2 is 2.12 bits per heavy atom. The quantitative estimate of drug-likeness (QED) is 0.641. The molecule has 0 aromatic rings. The van der Waals surface area contributed by atoms with Crippen molar-refractivity contribution in [1.29, 1.82) is 0 Å². The first-order valence-electron chi connectivity index (χ1n) is 5.52. The van der Waals surface area contributed by atoms with Gasteiger partial charge in [0, 0.05) is 19.0 Å². The van der Waals surface area contributed by atoms with Crippen molar-refractivity contribution >= 4 is 5.91 Å². The molecule has 7 heteroatoms. The van der Waals surface area contributed by atoms with E-state index in [4.69, 9.17) is 5.73 Å². The molecule has 0 rings (SSSR count). The molecule has 1 amide bonds. The topological polar surface area (TPSA) is 64.3 Å². The third-order valence-electron chi connectivity index (χ3n) is 2.10. The number of nitrogens with one attached hydrogen (secondary N) is 1. The lowest BCUT2D eigenvalue weighted by Crippen LogP contribution is -2.30. The van der Waals surface area contributed by atoms with Crippen molar-refractivity contribution in [3.63, 3.8) is 0 Å². The van der Waals surface area contributed by atoms with Gasteiger partial charge in [-0.3, -0.25) is 4.79 Å². The molecule has 0 aliphatic carbocycles. The third kappa shape index (κ3) is 11.4. The first-order valence-corrected chi connectivity index (χ1v) is 5.52. The van der Waals surface area contributed by atoms with Gasteiger partial charge in [-0.05, 0) is 12.8 Å². The molecule has 0 aliphatic heterocycles. The van der Waals surface area contributed by atoms with E-state index < -0.39 is 12.8 Å². The summed E-state index contributed by atoms with van der Waals surface area (Å²) in [5, 5.41) is 2.57. The molecule has 0 saturated heterocycles. The van der Waals surface area contributed by atoms with Crippen LogP contribution in [0.1, 0.15) is 26.2 Å². The lowest BCUT2D eigenvalue weighted by atomic mass is 10.2. The standard InChI is InChI=1S/C10H19F3N2O2/c1-2-8(14)3-5-15-9(16)4-6-17-7-10(11,12)13/h8H,2-7,14H2,1H3,(H,15,16). The van der Waals surface area contributed by atoms with E-state index in [1.165, 1.54) is 0 Å². The number of hydrogen-bond acceptors (Lipinski definition) is 3. The minimum atomic E-state index is -4.34. The second kappa shape index (κ2) is 8.30. The zero-order valence-electron chi connectivity index (χ0n) is 9.85. The number of carbonyl (C=O) groups is 1. The largest absolute Gasteiger partial charge is 0.411 e. The molecular weight excluding hydrogens is 237 g/mol. The van der Waals surface area contributed by atoms with Crippen LogP contribution in [0.5, 0.6) is 0 Å². The van der Waals surface area contributed by atoms with Crippen molar-refractivity contribution in [1.82, 2.24) is 5.32 Å². The van der Waals surface area contributed by atoms with E-state index in [0.29, 0.717) is 13.0 Å². The van der Waals surface area contributed by atoms with E-state index in [-0.39, 0.29) is 25.0 Å². The number of ether oxygens (including phenoxy) is 1. The molecule has 0 aromatic carbocycles. The molecule has 4 nitrogen and oxygen atoms in total. The Morgan fingerprint density at radius 1 is 1.47 bits per heavy atom. The summed E-state index contributed by atoms with van der Waals surface area (Å²) >= 11 is 0. The second-order valence-electron chi connectivity index (χ2n) is 3.72. The minimum Gasteiger partial charge on any atom is -0.372 e. The number of amides is 1. The maximum atomic E-state index is 11.7. The normalized spacial score (nSPS) is 13.5. The van der Waals surface area contributed by atoms with Crippen molar-refractivity contribution < 1.29 is 22.7 Å². The maximum absolute atomic E-state index is 11.7. The van der Waals surface area contributed by atoms with Gasteiger partial charge in [-0.2, -0.15) is 13.2 Å². The second-order valence-corrected chi connectivity index (χ2v) is 3.72. The Morgan fingerprint density at radius 3 is 2.65 bits per heavy atom. The fourth-order valence-electron chi connectivity index (χ4n) is 1.04. The van der Waals surface area contributed by atoms with Crippen LogP contribution in [0.4, 0.5) is 13.2 Å². The molecular formula is C10H19F3N2O2. The van der Waals surface area contributed by atoms with Crippen LogP contribution in [0.3, 0.4) is 0 Å². The van der Waals surface area contributed by atoms with Crippen molar-refractivity contribution in [3.05, 3.63) is 0 Å². The van der Waals surface area contributed by atoms with Crippen LogP contribution in [0.15, 0.2) is 0 Å². The molecule has 0 spiro atoms. The van der Waals surface area contributed by atoms with Crippen LogP contribution in [0.25, 0.3) is 0 Å². The van der Waals surface area contributed by atoms with E-state index >= 15 is 0 Å². The molecule has 3 N–H and O–H groups in total. The van der Waals surface area contributed by atoms with E-state index in [2.05, 4.69) is 10.1 Å². The highest BCUT2D eigenvalue weighted by Crippen LogP contribution is 2.14. The fourth-order valence-corrected chi connectivity index (χ4v) is 1.04. The lowest BCUT2D eigenvalue weighted by Gasteiger charge is -2.10. The molecule has 0 aliphatic rings. The molecule has 1 unspecified atom stereocenters. The predicted octanol–water partition coefficient (Wildman–Crippen LogP) is 1.20. The summed E-state index contributed by atoms with van der Waals surface area (Å²) in [6.45, 7) is 0.830. The molecule has 0 heterocycles. The smallest absolute Gasteiger partial charge is 0.372 e. The number of hydrogen-bond donors (Lipinski definition) is 2. The van der Waals surface area contributed by atoms with E-state index in [0.717, 1.165) is 6.42 Å². The van der Waals surface area contributed by atoms with Gasteiger partial charge in [0.25, 0.3) is 0 Å². The molecule has 0 fully saturated rings. The summed E-state index contributed by atoms with van der Waals surface area (Å²) in [5.74, 6) is -0.324. The molecule has 0 saturated carbocycles. The average Bonchev–Trinajstić information content (AvgIpc) is 2.23. The number of alkyl halides is 3. The van der Waals surface area contributed by atoms with E-state index in [1.807, 2.05) is 6.92 Å². The molecule has 1 atom stereocenters. The fraction of sp³-hybridized carbons (Fsp3) is 0.900. The zero-order chi connectivity index (χ0) is 13.3. The predicted molar refractivity (Wildman–Crippen MR) is 57.4 cm³/mol. The van der Waals surface area contributed by atoms with Crippen LogP contribution < -0.4 is 11.1 Å². The SMILES string of the molecule is CCC(N)CCNC(=O)CCOCC(F)(F)F. The Kier molecular flexibility index (Phi) is 7.90. The summed E-state index contributed by atoms with van der Waals surface area (Å²) in [7, 11) is 0. The lowest BCUT2D eigenvalue weighted by molar-refractivity contribution is -0.174. The van der Waals surface area contributed by atoms with Crippen molar-refractivity contribution in [2.24, 2.45) is 5.73 Å². The highest BCUT2D eigenvalue weighted by molar-refractivity contribution is 5.75. The maximum Gasteiger partial charge on any atom is 0.411 e. The Balaban J connectivity index is 3.41. The molecule has 0 aromatic heterocycles. The summed E-state index contributed by atoms with van der Waals surface area (Å²) in [6.07, 6.45) is -2.93. The first-order chi connectivity index (χ1) is 7.85. The molecule has 102 valence electrons. The summed E-state index contributed by atoms with van der Waals surface area (Å²) in [6, 6.07) is 0.0387. The van der Waals surface area contributed by atoms with Gasteiger partial charge in [0.2, 0.25) is 5.91 Å². The Hall–Kier alpha value is -0.820. The van der Waals surface area contributed by atoms with Gasteiger partial charge in [0.15, 0.2) is 0 Å². The van der Waals surface area contributed by atoms with E-state index in [9.17, 15) is 18.0 Å². The van der Waals surface area contributed by atoms with Gasteiger partial charge in [-0.1, -0.05) is 6.92 Å². The molecule has 17 heavy (non-hydrogen) atoms. The monoisotopic (exact) mass is 256 g/mol. The highest BCUT2D eigenvalue weighted by Gasteiger charge is 2.27. The van der Waals surface area contributed by atoms with Crippen molar-refractivity contribution in [2.45, 2.75) is 38.4 Å². The van der Waals surface area contributed by atoms with Crippen molar-refractivity contribution in [2.75, 3.05) is 19.8 Å². The number of rotatable bonds is 8. The Labute approximate surface area is 98.7 Å². The van der Waals surface area contributed by atoms with Crippen LogP contribution in [-0.4, -0.2) is 37.9 Å². The van der Waals surface area contributed by atoms with E-state index in [1.54, 1.807) is 0 Å². The minimum absolute atomic E-state index is 0.0387. The van der Waals surface area contributed by atoms with Crippen LogP contribution in [0, 0.1) is 0 Å². The van der Waals surface area contributed by atoms with Gasteiger partial charge in [0.05, 0.1) is 6.61 Å². The Bertz CT molecular complexity index is 222. The van der Waals surface area contributed by atoms with Gasteiger partial charge in [-0.15, -0.1) is 0 Å².